The van der Waals surface area contributed by atoms with E-state index in [1.54, 1.807) is 42.7 Å². The number of hydrogen-bond acceptors (Lipinski definition) is 6. The monoisotopic (exact) mass is 469 g/mol. The molecule has 0 aliphatic rings. The molecule has 0 fully saturated rings. The normalized spacial score (nSPS) is 11.3. The maximum atomic E-state index is 13.2. The molecule has 29 heavy (non-hydrogen) atoms. The predicted molar refractivity (Wildman–Crippen MR) is 113 cm³/mol. The number of nitrogens with zero attached hydrogens (tertiary/aromatic N) is 2. The van der Waals surface area contributed by atoms with Crippen molar-refractivity contribution in [3.05, 3.63) is 89.2 Å². The number of halogens is 1. The Hall–Kier alpha value is -2.97. The van der Waals surface area contributed by atoms with E-state index in [1.807, 2.05) is 24.3 Å². The third kappa shape index (κ3) is 4.23. The summed E-state index contributed by atoms with van der Waals surface area (Å²) in [4.78, 5) is 8.54. The SMILES string of the molecule is O=S(=O)(c1ccccc1)c1nc(-c2ccc(Br)cc2)oc1NCc1cccnc1. The molecule has 0 saturated carbocycles. The van der Waals surface area contributed by atoms with Crippen molar-refractivity contribution < 1.29 is 12.8 Å². The van der Waals surface area contributed by atoms with Gasteiger partial charge in [-0.1, -0.05) is 40.2 Å². The Morgan fingerprint density at radius 3 is 2.41 bits per heavy atom. The number of nitrogens with one attached hydrogen (secondary N) is 1. The van der Waals surface area contributed by atoms with Crippen molar-refractivity contribution in [2.45, 2.75) is 16.5 Å². The third-order valence-electron chi connectivity index (χ3n) is 4.17. The average Bonchev–Trinajstić information content (AvgIpc) is 3.19. The lowest BCUT2D eigenvalue weighted by molar-refractivity contribution is 0.576. The highest BCUT2D eigenvalue weighted by atomic mass is 79.9. The van der Waals surface area contributed by atoms with Crippen LogP contribution in [0.1, 0.15) is 5.56 Å². The predicted octanol–water partition coefficient (Wildman–Crippen LogP) is 4.94. The molecule has 0 atom stereocenters. The molecule has 0 amide bonds. The zero-order chi connectivity index (χ0) is 20.3. The van der Waals surface area contributed by atoms with Crippen LogP contribution < -0.4 is 5.32 Å². The first-order valence-corrected chi connectivity index (χ1v) is 11.0. The van der Waals surface area contributed by atoms with E-state index in [2.05, 4.69) is 31.2 Å². The van der Waals surface area contributed by atoms with Gasteiger partial charge in [-0.05, 0) is 48.0 Å². The van der Waals surface area contributed by atoms with Crippen LogP contribution in [-0.2, 0) is 16.4 Å². The molecule has 0 spiro atoms. The number of pyridine rings is 1. The van der Waals surface area contributed by atoms with Gasteiger partial charge in [0.2, 0.25) is 26.6 Å². The van der Waals surface area contributed by atoms with Crippen LogP contribution in [0.3, 0.4) is 0 Å². The molecule has 0 radical (unpaired) electrons. The van der Waals surface area contributed by atoms with Gasteiger partial charge in [-0.25, -0.2) is 8.42 Å². The van der Waals surface area contributed by atoms with Gasteiger partial charge in [0.25, 0.3) is 0 Å². The number of aromatic nitrogens is 2. The third-order valence-corrected chi connectivity index (χ3v) is 6.38. The Labute approximate surface area is 176 Å². The minimum atomic E-state index is -3.86. The van der Waals surface area contributed by atoms with E-state index in [-0.39, 0.29) is 21.7 Å². The van der Waals surface area contributed by atoms with Crippen molar-refractivity contribution in [2.75, 3.05) is 5.32 Å². The molecule has 0 unspecified atom stereocenters. The molecule has 2 aromatic heterocycles. The molecule has 4 aromatic rings. The standard InChI is InChI=1S/C21H16BrN3O3S/c22-17-10-8-16(9-11-17)19-25-21(29(26,27)18-6-2-1-3-7-18)20(28-19)24-14-15-5-4-12-23-13-15/h1-13,24H,14H2. The number of hydrogen-bond donors (Lipinski definition) is 1. The molecule has 2 aromatic carbocycles. The fraction of sp³-hybridized carbons (Fsp3) is 0.0476. The molecule has 1 N–H and O–H groups in total. The Morgan fingerprint density at radius 2 is 1.72 bits per heavy atom. The van der Waals surface area contributed by atoms with Gasteiger partial charge in [0.15, 0.2) is 0 Å². The highest BCUT2D eigenvalue weighted by Crippen LogP contribution is 2.33. The van der Waals surface area contributed by atoms with Crippen LogP contribution in [-0.4, -0.2) is 18.4 Å². The Balaban J connectivity index is 1.76. The van der Waals surface area contributed by atoms with E-state index in [1.165, 1.54) is 12.1 Å². The highest BCUT2D eigenvalue weighted by molar-refractivity contribution is 9.10. The minimum Gasteiger partial charge on any atom is -0.419 e. The second-order valence-electron chi connectivity index (χ2n) is 6.19. The van der Waals surface area contributed by atoms with Gasteiger partial charge in [0.1, 0.15) is 0 Å². The molecule has 4 rings (SSSR count). The van der Waals surface area contributed by atoms with Crippen LogP contribution in [0.25, 0.3) is 11.5 Å². The average molecular weight is 470 g/mol. The first-order valence-electron chi connectivity index (χ1n) is 8.74. The Kier molecular flexibility index (Phi) is 5.46. The molecule has 0 saturated heterocycles. The van der Waals surface area contributed by atoms with E-state index in [4.69, 9.17) is 4.42 Å². The van der Waals surface area contributed by atoms with Crippen molar-refractivity contribution in [3.63, 3.8) is 0 Å². The first-order chi connectivity index (χ1) is 14.0. The fourth-order valence-corrected chi connectivity index (χ4v) is 4.28. The maximum absolute atomic E-state index is 13.2. The molecular weight excluding hydrogens is 454 g/mol. The van der Waals surface area contributed by atoms with Crippen molar-refractivity contribution in [1.82, 2.24) is 9.97 Å². The van der Waals surface area contributed by atoms with Crippen molar-refractivity contribution in [2.24, 2.45) is 0 Å². The number of sulfone groups is 1. The Bertz CT molecular complexity index is 1210. The minimum absolute atomic E-state index is 0.0932. The van der Waals surface area contributed by atoms with Crippen molar-refractivity contribution in [1.29, 1.82) is 0 Å². The fourth-order valence-electron chi connectivity index (χ4n) is 2.71. The molecule has 0 aliphatic heterocycles. The van der Waals surface area contributed by atoms with Crippen LogP contribution in [0.2, 0.25) is 0 Å². The number of anilines is 1. The van der Waals surface area contributed by atoms with Gasteiger partial charge in [-0.2, -0.15) is 4.98 Å². The summed E-state index contributed by atoms with van der Waals surface area (Å²) in [6, 6.07) is 19.2. The van der Waals surface area contributed by atoms with E-state index >= 15 is 0 Å². The van der Waals surface area contributed by atoms with Gasteiger partial charge in [0.05, 0.1) is 4.90 Å². The van der Waals surface area contributed by atoms with E-state index in [9.17, 15) is 8.42 Å². The Morgan fingerprint density at radius 1 is 0.966 bits per heavy atom. The summed E-state index contributed by atoms with van der Waals surface area (Å²) in [5, 5.41) is 2.90. The second kappa shape index (κ2) is 8.18. The van der Waals surface area contributed by atoms with Gasteiger partial charge < -0.3 is 9.73 Å². The van der Waals surface area contributed by atoms with Crippen molar-refractivity contribution in [3.8, 4) is 11.5 Å². The van der Waals surface area contributed by atoms with Crippen LogP contribution in [0, 0.1) is 0 Å². The molecule has 6 nitrogen and oxygen atoms in total. The number of oxazole rings is 1. The van der Waals surface area contributed by atoms with Gasteiger partial charge in [-0.3, -0.25) is 4.98 Å². The van der Waals surface area contributed by atoms with Gasteiger partial charge in [0, 0.05) is 29.0 Å². The van der Waals surface area contributed by atoms with Crippen LogP contribution in [0.15, 0.2) is 97.9 Å². The smallest absolute Gasteiger partial charge is 0.234 e. The largest absolute Gasteiger partial charge is 0.419 e. The number of rotatable bonds is 6. The summed E-state index contributed by atoms with van der Waals surface area (Å²) >= 11 is 3.39. The van der Waals surface area contributed by atoms with E-state index in [0.29, 0.717) is 12.1 Å². The molecule has 0 bridgehead atoms. The lowest BCUT2D eigenvalue weighted by Gasteiger charge is -2.06. The lowest BCUT2D eigenvalue weighted by atomic mass is 10.2. The van der Waals surface area contributed by atoms with E-state index < -0.39 is 9.84 Å². The van der Waals surface area contributed by atoms with Crippen LogP contribution >= 0.6 is 15.9 Å². The number of benzene rings is 2. The maximum Gasteiger partial charge on any atom is 0.234 e. The molecule has 0 aliphatic carbocycles. The summed E-state index contributed by atoms with van der Waals surface area (Å²) < 4.78 is 33.1. The molecule has 8 heteroatoms. The molecular formula is C21H16BrN3O3S. The van der Waals surface area contributed by atoms with Crippen LogP contribution in [0.5, 0.6) is 0 Å². The van der Waals surface area contributed by atoms with Gasteiger partial charge in [-0.15, -0.1) is 0 Å². The van der Waals surface area contributed by atoms with Gasteiger partial charge >= 0.3 is 0 Å². The summed E-state index contributed by atoms with van der Waals surface area (Å²) in [5.74, 6) is 0.316. The lowest BCUT2D eigenvalue weighted by Crippen LogP contribution is -2.07. The van der Waals surface area contributed by atoms with Crippen molar-refractivity contribution >= 4 is 31.7 Å². The highest BCUT2D eigenvalue weighted by Gasteiger charge is 2.28. The topological polar surface area (TPSA) is 85.1 Å². The zero-order valence-electron chi connectivity index (χ0n) is 15.1. The molecule has 2 heterocycles. The first kappa shape index (κ1) is 19.4. The van der Waals surface area contributed by atoms with E-state index in [0.717, 1.165) is 10.0 Å². The summed E-state index contributed by atoms with van der Waals surface area (Å²) in [7, 11) is -3.86. The molecule has 146 valence electrons. The van der Waals surface area contributed by atoms with Crippen LogP contribution in [0.4, 0.5) is 5.88 Å². The summed E-state index contributed by atoms with van der Waals surface area (Å²) in [5.41, 5.74) is 1.56. The summed E-state index contributed by atoms with van der Waals surface area (Å²) in [6.07, 6.45) is 3.37. The quantitative estimate of drug-likeness (QED) is 0.430. The zero-order valence-corrected chi connectivity index (χ0v) is 17.5. The second-order valence-corrected chi connectivity index (χ2v) is 8.97. The summed E-state index contributed by atoms with van der Waals surface area (Å²) in [6.45, 7) is 0.347.